The van der Waals surface area contributed by atoms with Crippen LogP contribution in [0, 0.1) is 39.0 Å². The van der Waals surface area contributed by atoms with Crippen molar-refractivity contribution >= 4 is 21.8 Å². The van der Waals surface area contributed by atoms with Gasteiger partial charge in [0.15, 0.2) is 11.6 Å². The molecule has 0 saturated carbocycles. The quantitative estimate of drug-likeness (QED) is 0.144. The number of aromatic nitrogens is 5. The summed E-state index contributed by atoms with van der Waals surface area (Å²) < 4.78 is 2.35. The summed E-state index contributed by atoms with van der Waals surface area (Å²) in [5.74, 6) is 1.04. The summed E-state index contributed by atoms with van der Waals surface area (Å²) in [5, 5.41) is 13.3. The zero-order valence-corrected chi connectivity index (χ0v) is 41.0. The summed E-state index contributed by atoms with van der Waals surface area (Å²) in [6.45, 7) is 8.62. The number of fused-ring (bicyclic) bond motifs is 3. The number of nitrogens with zero attached hydrogens (tertiary/aromatic N) is 6. The van der Waals surface area contributed by atoms with Gasteiger partial charge in [0.1, 0.15) is 0 Å². The Balaban J connectivity index is 1.24. The Hall–Kier alpha value is -9.57. The van der Waals surface area contributed by atoms with Gasteiger partial charge in [-0.3, -0.25) is 0 Å². The van der Waals surface area contributed by atoms with E-state index in [2.05, 4.69) is 154 Å². The molecule has 0 amide bonds. The van der Waals surface area contributed by atoms with Crippen molar-refractivity contribution in [3.63, 3.8) is 0 Å². The van der Waals surface area contributed by atoms with E-state index in [1.807, 2.05) is 103 Å². The minimum atomic E-state index is 0.444. The molecule has 12 rings (SSSR count). The molecule has 3 heterocycles. The maximum Gasteiger partial charge on any atom is 0.162 e. The number of rotatable bonds is 9. The van der Waals surface area contributed by atoms with Crippen LogP contribution >= 0.6 is 0 Å². The first-order chi connectivity index (χ1) is 35.7. The van der Waals surface area contributed by atoms with Crippen LogP contribution < -0.4 is 0 Å². The standard InChI is InChI=1S/C67H48N6/c1-42-29-43(2)32-53(31-42)51-25-27-63-55(37-51)56-38-52(54-33-44(3)30-45(4)34-54)26-28-64(56)73(63)65-57(62-40-61(49-21-13-7-14-22-49)69-66(72-62)50-23-15-8-16-24-50)35-46(41-68)36-58(65)67-70-59(47-17-9-5-10-18-47)39-60(71-67)48-19-11-6-12-20-48/h5-40H,1-4H3. The molecule has 0 spiro atoms. The van der Waals surface area contributed by atoms with Crippen molar-refractivity contribution in [2.45, 2.75) is 27.7 Å². The first kappa shape index (κ1) is 44.6. The summed E-state index contributed by atoms with van der Waals surface area (Å²) >= 11 is 0. The lowest BCUT2D eigenvalue weighted by Gasteiger charge is -2.20. The topological polar surface area (TPSA) is 80.3 Å². The Labute approximate surface area is 425 Å². The molecule has 346 valence electrons. The predicted octanol–water partition coefficient (Wildman–Crippen LogP) is 16.8. The molecule has 6 nitrogen and oxygen atoms in total. The molecular weight excluding hydrogens is 889 g/mol. The molecule has 0 N–H and O–H groups in total. The molecule has 6 heteroatoms. The van der Waals surface area contributed by atoms with Crippen LogP contribution in [0.4, 0.5) is 0 Å². The summed E-state index contributed by atoms with van der Waals surface area (Å²) in [6, 6.07) is 78.3. The molecule has 0 bridgehead atoms. The lowest BCUT2D eigenvalue weighted by Crippen LogP contribution is -2.06. The van der Waals surface area contributed by atoms with E-state index in [-0.39, 0.29) is 0 Å². The van der Waals surface area contributed by atoms with Gasteiger partial charge in [-0.2, -0.15) is 5.26 Å². The van der Waals surface area contributed by atoms with Gasteiger partial charge in [0, 0.05) is 44.2 Å². The highest BCUT2D eigenvalue weighted by atomic mass is 15.0. The second kappa shape index (κ2) is 18.6. The highest BCUT2D eigenvalue weighted by Crippen LogP contribution is 2.45. The van der Waals surface area contributed by atoms with E-state index in [0.29, 0.717) is 28.5 Å². The summed E-state index contributed by atoms with van der Waals surface area (Å²) in [5.41, 5.74) is 20.7. The maximum absolute atomic E-state index is 11.1. The van der Waals surface area contributed by atoms with Crippen molar-refractivity contribution in [1.29, 1.82) is 5.26 Å². The summed E-state index contributed by atoms with van der Waals surface area (Å²) in [4.78, 5) is 21.5. The number of hydrogen-bond acceptors (Lipinski definition) is 5. The summed E-state index contributed by atoms with van der Waals surface area (Å²) in [6.07, 6.45) is 0. The van der Waals surface area contributed by atoms with Gasteiger partial charge in [0.2, 0.25) is 0 Å². The largest absolute Gasteiger partial charge is 0.308 e. The fraction of sp³-hybridized carbons (Fsp3) is 0.0597. The van der Waals surface area contributed by atoms with Crippen LogP contribution in [-0.2, 0) is 0 Å². The average Bonchev–Trinajstić information content (AvgIpc) is 3.75. The molecule has 73 heavy (non-hydrogen) atoms. The van der Waals surface area contributed by atoms with Crippen molar-refractivity contribution in [3.05, 3.63) is 246 Å². The molecular formula is C67H48N6. The van der Waals surface area contributed by atoms with Crippen LogP contribution in [0.3, 0.4) is 0 Å². The van der Waals surface area contributed by atoms with E-state index in [1.54, 1.807) is 0 Å². The minimum absolute atomic E-state index is 0.444. The van der Waals surface area contributed by atoms with Gasteiger partial charge in [-0.05, 0) is 98.5 Å². The normalized spacial score (nSPS) is 11.3. The second-order valence-electron chi connectivity index (χ2n) is 19.0. The molecule has 3 aromatic heterocycles. The van der Waals surface area contributed by atoms with Crippen molar-refractivity contribution in [2.24, 2.45) is 0 Å². The van der Waals surface area contributed by atoms with Gasteiger partial charge in [-0.25, -0.2) is 19.9 Å². The Morgan fingerprint density at radius 3 is 1.15 bits per heavy atom. The van der Waals surface area contributed by atoms with E-state index in [9.17, 15) is 5.26 Å². The third-order valence-corrected chi connectivity index (χ3v) is 13.5. The molecule has 9 aromatic carbocycles. The number of benzene rings is 9. The average molecular weight is 937 g/mol. The Morgan fingerprint density at radius 1 is 0.329 bits per heavy atom. The lowest BCUT2D eigenvalue weighted by atomic mass is 9.97. The third kappa shape index (κ3) is 8.64. The fourth-order valence-corrected chi connectivity index (χ4v) is 10.4. The molecule has 0 unspecified atom stereocenters. The first-order valence-electron chi connectivity index (χ1n) is 24.6. The Morgan fingerprint density at radius 2 is 0.712 bits per heavy atom. The lowest BCUT2D eigenvalue weighted by molar-refractivity contribution is 1.13. The molecule has 0 aliphatic rings. The highest BCUT2D eigenvalue weighted by molar-refractivity contribution is 6.13. The van der Waals surface area contributed by atoms with Crippen LogP contribution in [0.25, 0.3) is 118 Å². The molecule has 0 aliphatic heterocycles. The van der Waals surface area contributed by atoms with Crippen molar-refractivity contribution in [1.82, 2.24) is 24.5 Å². The highest BCUT2D eigenvalue weighted by Gasteiger charge is 2.26. The number of nitriles is 1. The molecule has 0 atom stereocenters. The zero-order valence-electron chi connectivity index (χ0n) is 41.0. The van der Waals surface area contributed by atoms with Crippen molar-refractivity contribution < 1.29 is 0 Å². The molecule has 0 radical (unpaired) electrons. The van der Waals surface area contributed by atoms with Crippen LogP contribution in [-0.4, -0.2) is 24.5 Å². The van der Waals surface area contributed by atoms with E-state index in [4.69, 9.17) is 19.9 Å². The van der Waals surface area contributed by atoms with E-state index >= 15 is 0 Å². The smallest absolute Gasteiger partial charge is 0.162 e. The zero-order chi connectivity index (χ0) is 49.6. The number of aryl methyl sites for hydroxylation is 4. The van der Waals surface area contributed by atoms with Gasteiger partial charge in [-0.15, -0.1) is 0 Å². The maximum atomic E-state index is 11.1. The van der Waals surface area contributed by atoms with Gasteiger partial charge in [0.05, 0.1) is 51.1 Å². The van der Waals surface area contributed by atoms with Crippen LogP contribution in [0.5, 0.6) is 0 Å². The van der Waals surface area contributed by atoms with Crippen LogP contribution in [0.1, 0.15) is 27.8 Å². The Bertz CT molecular complexity index is 3700. The SMILES string of the molecule is Cc1cc(C)cc(-c2ccc3c(c2)c2cc(-c4cc(C)cc(C)c4)ccc2n3-c2c(-c3cc(-c4ccccc4)nc(-c4ccccc4)n3)cc(C#N)cc2-c2nc(-c3ccccc3)cc(-c3ccccc3)n2)c1. The minimum Gasteiger partial charge on any atom is -0.308 e. The second-order valence-corrected chi connectivity index (χ2v) is 19.0. The van der Waals surface area contributed by atoms with Gasteiger partial charge >= 0.3 is 0 Å². The van der Waals surface area contributed by atoms with Crippen LogP contribution in [0.15, 0.2) is 218 Å². The van der Waals surface area contributed by atoms with E-state index in [0.717, 1.165) is 94.6 Å². The van der Waals surface area contributed by atoms with Gasteiger partial charge < -0.3 is 4.57 Å². The van der Waals surface area contributed by atoms with Gasteiger partial charge in [-0.1, -0.05) is 192 Å². The molecule has 0 fully saturated rings. The van der Waals surface area contributed by atoms with E-state index < -0.39 is 0 Å². The summed E-state index contributed by atoms with van der Waals surface area (Å²) in [7, 11) is 0. The predicted molar refractivity (Wildman–Crippen MR) is 299 cm³/mol. The molecule has 0 saturated heterocycles. The van der Waals surface area contributed by atoms with E-state index in [1.165, 1.54) is 22.3 Å². The Kier molecular flexibility index (Phi) is 11.4. The molecule has 0 aliphatic carbocycles. The van der Waals surface area contributed by atoms with Gasteiger partial charge in [0.25, 0.3) is 0 Å². The first-order valence-corrected chi connectivity index (χ1v) is 24.6. The van der Waals surface area contributed by atoms with Crippen molar-refractivity contribution in [3.8, 4) is 102 Å². The molecule has 12 aromatic rings. The van der Waals surface area contributed by atoms with Crippen LogP contribution in [0.2, 0.25) is 0 Å². The fourth-order valence-electron chi connectivity index (χ4n) is 10.4. The number of hydrogen-bond donors (Lipinski definition) is 0. The van der Waals surface area contributed by atoms with Crippen molar-refractivity contribution in [2.75, 3.05) is 0 Å². The monoisotopic (exact) mass is 936 g/mol. The third-order valence-electron chi connectivity index (χ3n) is 13.5.